The lowest BCUT2D eigenvalue weighted by Gasteiger charge is -2.19. The van der Waals surface area contributed by atoms with E-state index in [0.717, 1.165) is 11.4 Å². The molecule has 0 bridgehead atoms. The van der Waals surface area contributed by atoms with Gasteiger partial charge >= 0.3 is 0 Å². The molecule has 4 heteroatoms. The van der Waals surface area contributed by atoms with Crippen LogP contribution < -0.4 is 10.1 Å². The molecule has 1 heterocycles. The topological polar surface area (TPSA) is 47.0 Å². The van der Waals surface area contributed by atoms with Crippen molar-refractivity contribution in [1.82, 2.24) is 9.97 Å². The molecule has 0 radical (unpaired) electrons. The second kappa shape index (κ2) is 4.96. The van der Waals surface area contributed by atoms with Gasteiger partial charge in [0.15, 0.2) is 0 Å². The monoisotopic (exact) mass is 209 g/mol. The molecule has 4 nitrogen and oxygen atoms in total. The summed E-state index contributed by atoms with van der Waals surface area (Å²) in [6.45, 7) is 8.43. The van der Waals surface area contributed by atoms with Crippen molar-refractivity contribution in [2.45, 2.75) is 33.7 Å². The maximum atomic E-state index is 5.14. The van der Waals surface area contributed by atoms with Gasteiger partial charge in [-0.05, 0) is 19.8 Å². The van der Waals surface area contributed by atoms with Gasteiger partial charge in [-0.25, -0.2) is 9.97 Å². The Hall–Kier alpha value is -1.32. The van der Waals surface area contributed by atoms with Crippen LogP contribution in [0.4, 0.5) is 5.82 Å². The summed E-state index contributed by atoms with van der Waals surface area (Å²) >= 11 is 0. The first-order valence-electron chi connectivity index (χ1n) is 5.18. The van der Waals surface area contributed by atoms with Crippen molar-refractivity contribution >= 4 is 5.82 Å². The Kier molecular flexibility index (Phi) is 3.88. The van der Waals surface area contributed by atoms with Gasteiger partial charge in [0.05, 0.1) is 12.7 Å². The Labute approximate surface area is 91.1 Å². The van der Waals surface area contributed by atoms with Crippen molar-refractivity contribution in [2.24, 2.45) is 5.92 Å². The third-order valence-electron chi connectivity index (χ3n) is 2.60. The van der Waals surface area contributed by atoms with Crippen LogP contribution in [0.5, 0.6) is 5.88 Å². The summed E-state index contributed by atoms with van der Waals surface area (Å²) in [6.07, 6.45) is 1.52. The average molecular weight is 209 g/mol. The van der Waals surface area contributed by atoms with Crippen LogP contribution in [0.2, 0.25) is 0 Å². The number of rotatable bonds is 4. The minimum absolute atomic E-state index is 0.378. The molecule has 1 aromatic rings. The van der Waals surface area contributed by atoms with Crippen LogP contribution in [-0.2, 0) is 0 Å². The maximum absolute atomic E-state index is 5.14. The van der Waals surface area contributed by atoms with E-state index in [9.17, 15) is 0 Å². The molecule has 0 aliphatic heterocycles. The van der Waals surface area contributed by atoms with Gasteiger partial charge in [-0.2, -0.15) is 0 Å². The molecule has 0 aliphatic carbocycles. The molecule has 84 valence electrons. The fourth-order valence-electron chi connectivity index (χ4n) is 1.17. The smallest absolute Gasteiger partial charge is 0.221 e. The van der Waals surface area contributed by atoms with E-state index >= 15 is 0 Å². The molecule has 0 spiro atoms. The Bertz CT molecular complexity index is 326. The third-order valence-corrected chi connectivity index (χ3v) is 2.60. The SMILES string of the molecule is COc1ncnc(NC(C)C(C)C)c1C. The van der Waals surface area contributed by atoms with E-state index in [4.69, 9.17) is 4.74 Å². The van der Waals surface area contributed by atoms with Gasteiger partial charge in [-0.15, -0.1) is 0 Å². The number of hydrogen-bond acceptors (Lipinski definition) is 4. The fourth-order valence-corrected chi connectivity index (χ4v) is 1.17. The first-order valence-corrected chi connectivity index (χ1v) is 5.18. The zero-order chi connectivity index (χ0) is 11.4. The van der Waals surface area contributed by atoms with E-state index in [1.165, 1.54) is 6.33 Å². The number of ether oxygens (including phenoxy) is 1. The molecular formula is C11H19N3O. The predicted octanol–water partition coefficient (Wildman–Crippen LogP) is 2.25. The van der Waals surface area contributed by atoms with Crippen LogP contribution in [0.25, 0.3) is 0 Å². The molecule has 1 rings (SSSR count). The third kappa shape index (κ3) is 2.81. The number of methoxy groups -OCH3 is 1. The molecule has 15 heavy (non-hydrogen) atoms. The van der Waals surface area contributed by atoms with Gasteiger partial charge in [0.2, 0.25) is 5.88 Å². The molecule has 1 aromatic heterocycles. The molecule has 0 aliphatic rings. The second-order valence-electron chi connectivity index (χ2n) is 4.03. The Morgan fingerprint density at radius 1 is 1.27 bits per heavy atom. The first kappa shape index (κ1) is 11.8. The summed E-state index contributed by atoms with van der Waals surface area (Å²) in [4.78, 5) is 8.24. The van der Waals surface area contributed by atoms with Crippen molar-refractivity contribution < 1.29 is 4.74 Å². The highest BCUT2D eigenvalue weighted by molar-refractivity contribution is 5.48. The summed E-state index contributed by atoms with van der Waals surface area (Å²) in [6, 6.07) is 0.378. The number of hydrogen-bond donors (Lipinski definition) is 1. The minimum Gasteiger partial charge on any atom is -0.481 e. The molecule has 0 amide bonds. The van der Waals surface area contributed by atoms with Crippen molar-refractivity contribution in [2.75, 3.05) is 12.4 Å². The van der Waals surface area contributed by atoms with Gasteiger partial charge in [-0.3, -0.25) is 0 Å². The lowest BCUT2D eigenvalue weighted by atomic mass is 10.1. The normalized spacial score (nSPS) is 12.7. The Morgan fingerprint density at radius 2 is 1.93 bits per heavy atom. The van der Waals surface area contributed by atoms with E-state index in [1.54, 1.807) is 7.11 Å². The van der Waals surface area contributed by atoms with E-state index in [0.29, 0.717) is 17.8 Å². The van der Waals surface area contributed by atoms with E-state index in [1.807, 2.05) is 6.92 Å². The zero-order valence-electron chi connectivity index (χ0n) is 10.0. The van der Waals surface area contributed by atoms with Crippen molar-refractivity contribution in [3.63, 3.8) is 0 Å². The van der Waals surface area contributed by atoms with Crippen LogP contribution in [-0.4, -0.2) is 23.1 Å². The molecule has 1 N–H and O–H groups in total. The average Bonchev–Trinajstić information content (AvgIpc) is 2.21. The first-order chi connectivity index (χ1) is 7.06. The van der Waals surface area contributed by atoms with Crippen LogP contribution in [0.3, 0.4) is 0 Å². The highest BCUT2D eigenvalue weighted by Crippen LogP contribution is 2.21. The summed E-state index contributed by atoms with van der Waals surface area (Å²) in [5.74, 6) is 2.04. The van der Waals surface area contributed by atoms with Crippen LogP contribution in [0, 0.1) is 12.8 Å². The lowest BCUT2D eigenvalue weighted by Crippen LogP contribution is -2.22. The van der Waals surface area contributed by atoms with Gasteiger partial charge < -0.3 is 10.1 Å². The molecule has 0 saturated carbocycles. The van der Waals surface area contributed by atoms with Crippen molar-refractivity contribution in [1.29, 1.82) is 0 Å². The molecule has 1 unspecified atom stereocenters. The van der Waals surface area contributed by atoms with E-state index in [2.05, 4.69) is 36.1 Å². The van der Waals surface area contributed by atoms with Crippen molar-refractivity contribution in [3.8, 4) is 5.88 Å². The Morgan fingerprint density at radius 3 is 2.47 bits per heavy atom. The number of aromatic nitrogens is 2. The minimum atomic E-state index is 0.378. The summed E-state index contributed by atoms with van der Waals surface area (Å²) in [7, 11) is 1.62. The highest BCUT2D eigenvalue weighted by atomic mass is 16.5. The van der Waals surface area contributed by atoms with E-state index < -0.39 is 0 Å². The van der Waals surface area contributed by atoms with Crippen LogP contribution in [0.15, 0.2) is 6.33 Å². The van der Waals surface area contributed by atoms with Crippen LogP contribution >= 0.6 is 0 Å². The van der Waals surface area contributed by atoms with Crippen LogP contribution in [0.1, 0.15) is 26.3 Å². The zero-order valence-corrected chi connectivity index (χ0v) is 10.0. The summed E-state index contributed by atoms with van der Waals surface area (Å²) in [5, 5.41) is 3.35. The largest absolute Gasteiger partial charge is 0.481 e. The molecule has 0 saturated heterocycles. The standard InChI is InChI=1S/C11H19N3O/c1-7(2)9(4)14-10-8(3)11(15-5)13-6-12-10/h6-7,9H,1-5H3,(H,12,13,14). The number of nitrogens with zero attached hydrogens (tertiary/aromatic N) is 2. The second-order valence-corrected chi connectivity index (χ2v) is 4.03. The molecular weight excluding hydrogens is 190 g/mol. The quantitative estimate of drug-likeness (QED) is 0.826. The Balaban J connectivity index is 2.86. The summed E-state index contributed by atoms with van der Waals surface area (Å²) < 4.78 is 5.14. The predicted molar refractivity (Wildman–Crippen MR) is 61.2 cm³/mol. The van der Waals surface area contributed by atoms with Gasteiger partial charge in [0.25, 0.3) is 0 Å². The van der Waals surface area contributed by atoms with E-state index in [-0.39, 0.29) is 0 Å². The number of anilines is 1. The van der Waals surface area contributed by atoms with Gasteiger partial charge in [0, 0.05) is 6.04 Å². The van der Waals surface area contributed by atoms with Crippen molar-refractivity contribution in [3.05, 3.63) is 11.9 Å². The molecule has 0 fully saturated rings. The lowest BCUT2D eigenvalue weighted by molar-refractivity contribution is 0.393. The van der Waals surface area contributed by atoms with Gasteiger partial charge in [0.1, 0.15) is 12.1 Å². The molecule has 1 atom stereocenters. The fraction of sp³-hybridized carbons (Fsp3) is 0.636. The molecule has 0 aromatic carbocycles. The maximum Gasteiger partial charge on any atom is 0.221 e. The van der Waals surface area contributed by atoms with Gasteiger partial charge in [-0.1, -0.05) is 13.8 Å². The number of nitrogens with one attached hydrogen (secondary N) is 1. The summed E-state index contributed by atoms with van der Waals surface area (Å²) in [5.41, 5.74) is 0.951. The highest BCUT2D eigenvalue weighted by Gasteiger charge is 2.11.